The molecule has 0 unspecified atom stereocenters. The topological polar surface area (TPSA) is 38.1 Å². The number of nitrogens with zero attached hydrogens (tertiary/aromatic N) is 3. The quantitative estimate of drug-likeness (QED) is 0.535. The SMILES string of the molecule is CCCN(CCC)C(=O)Cn1cccc1-c1nc(-c2ccc(C)cc2)cs1. The van der Waals surface area contributed by atoms with Crippen LogP contribution < -0.4 is 0 Å². The summed E-state index contributed by atoms with van der Waals surface area (Å²) in [5.74, 6) is 0.173. The van der Waals surface area contributed by atoms with Crippen molar-refractivity contribution < 1.29 is 4.79 Å². The van der Waals surface area contributed by atoms with E-state index in [2.05, 4.69) is 50.4 Å². The lowest BCUT2D eigenvalue weighted by atomic mass is 10.1. The third kappa shape index (κ3) is 4.66. The average molecular weight is 382 g/mol. The number of rotatable bonds is 8. The van der Waals surface area contributed by atoms with Crippen LogP contribution in [0.2, 0.25) is 0 Å². The first-order chi connectivity index (χ1) is 13.1. The summed E-state index contributed by atoms with van der Waals surface area (Å²) < 4.78 is 2.01. The van der Waals surface area contributed by atoms with Gasteiger partial charge in [0.15, 0.2) is 0 Å². The maximum Gasteiger partial charge on any atom is 0.242 e. The van der Waals surface area contributed by atoms with E-state index in [9.17, 15) is 4.79 Å². The zero-order valence-corrected chi connectivity index (χ0v) is 17.1. The number of thiazole rings is 1. The first kappa shape index (κ1) is 19.4. The fourth-order valence-corrected chi connectivity index (χ4v) is 4.01. The molecule has 0 N–H and O–H groups in total. The second kappa shape index (κ2) is 9.00. The number of amides is 1. The highest BCUT2D eigenvalue weighted by molar-refractivity contribution is 7.13. The molecule has 5 heteroatoms. The van der Waals surface area contributed by atoms with E-state index < -0.39 is 0 Å². The monoisotopic (exact) mass is 381 g/mol. The summed E-state index contributed by atoms with van der Waals surface area (Å²) >= 11 is 1.62. The van der Waals surface area contributed by atoms with Crippen LogP contribution in [0.25, 0.3) is 22.0 Å². The van der Waals surface area contributed by atoms with E-state index in [-0.39, 0.29) is 5.91 Å². The van der Waals surface area contributed by atoms with Gasteiger partial charge in [0.2, 0.25) is 5.91 Å². The number of hydrogen-bond acceptors (Lipinski definition) is 3. The highest BCUT2D eigenvalue weighted by atomic mass is 32.1. The standard InChI is InChI=1S/C22H27N3OS/c1-4-12-24(13-5-2)21(26)15-25-14-6-7-20(25)22-23-19(16-27-22)18-10-8-17(3)9-11-18/h6-11,14,16H,4-5,12-13,15H2,1-3H3. The molecule has 142 valence electrons. The van der Waals surface area contributed by atoms with Crippen LogP contribution in [-0.4, -0.2) is 33.4 Å². The van der Waals surface area contributed by atoms with Crippen molar-refractivity contribution in [3.05, 3.63) is 53.5 Å². The first-order valence-electron chi connectivity index (χ1n) is 9.58. The van der Waals surface area contributed by atoms with Gasteiger partial charge in [-0.25, -0.2) is 4.98 Å². The average Bonchev–Trinajstić information content (AvgIpc) is 3.31. The summed E-state index contributed by atoms with van der Waals surface area (Å²) in [4.78, 5) is 19.5. The van der Waals surface area contributed by atoms with Crippen molar-refractivity contribution in [2.24, 2.45) is 0 Å². The van der Waals surface area contributed by atoms with Crippen LogP contribution in [0.4, 0.5) is 0 Å². The molecule has 0 radical (unpaired) electrons. The number of hydrogen-bond donors (Lipinski definition) is 0. The third-order valence-electron chi connectivity index (χ3n) is 4.55. The number of aromatic nitrogens is 2. The fourth-order valence-electron chi connectivity index (χ4n) is 3.14. The zero-order chi connectivity index (χ0) is 19.2. The van der Waals surface area contributed by atoms with E-state index in [0.29, 0.717) is 6.54 Å². The highest BCUT2D eigenvalue weighted by Gasteiger charge is 2.16. The number of carbonyl (C=O) groups excluding carboxylic acids is 1. The summed E-state index contributed by atoms with van der Waals surface area (Å²) in [7, 11) is 0. The molecule has 1 aromatic carbocycles. The Morgan fingerprint density at radius 3 is 2.48 bits per heavy atom. The van der Waals surface area contributed by atoms with Gasteiger partial charge >= 0.3 is 0 Å². The summed E-state index contributed by atoms with van der Waals surface area (Å²) in [6.07, 6.45) is 3.93. The van der Waals surface area contributed by atoms with Gasteiger partial charge in [-0.2, -0.15) is 0 Å². The Hall–Kier alpha value is -2.40. The van der Waals surface area contributed by atoms with Crippen molar-refractivity contribution >= 4 is 17.2 Å². The van der Waals surface area contributed by atoms with E-state index in [1.807, 2.05) is 27.8 Å². The molecule has 3 aromatic rings. The highest BCUT2D eigenvalue weighted by Crippen LogP contribution is 2.29. The normalized spacial score (nSPS) is 10.9. The van der Waals surface area contributed by atoms with Gasteiger partial charge in [-0.1, -0.05) is 43.7 Å². The van der Waals surface area contributed by atoms with Gasteiger partial charge in [0.05, 0.1) is 11.4 Å². The second-order valence-electron chi connectivity index (χ2n) is 6.81. The molecule has 0 saturated heterocycles. The van der Waals surface area contributed by atoms with Gasteiger partial charge in [-0.05, 0) is 31.9 Å². The van der Waals surface area contributed by atoms with Crippen LogP contribution in [0.1, 0.15) is 32.3 Å². The Kier molecular flexibility index (Phi) is 6.45. The van der Waals surface area contributed by atoms with Gasteiger partial charge in [0.1, 0.15) is 11.6 Å². The molecule has 4 nitrogen and oxygen atoms in total. The predicted octanol–water partition coefficient (Wildman–Crippen LogP) is 5.24. The number of aryl methyl sites for hydroxylation is 1. The molecule has 3 rings (SSSR count). The molecule has 0 bridgehead atoms. The Balaban J connectivity index is 1.79. The maximum atomic E-state index is 12.7. The van der Waals surface area contributed by atoms with Gasteiger partial charge in [-0.15, -0.1) is 11.3 Å². The van der Waals surface area contributed by atoms with Crippen molar-refractivity contribution in [3.8, 4) is 22.0 Å². The first-order valence-corrected chi connectivity index (χ1v) is 10.5. The molecule has 27 heavy (non-hydrogen) atoms. The van der Waals surface area contributed by atoms with Gasteiger partial charge < -0.3 is 9.47 Å². The van der Waals surface area contributed by atoms with Crippen LogP contribution in [-0.2, 0) is 11.3 Å². The van der Waals surface area contributed by atoms with Crippen molar-refractivity contribution in [1.29, 1.82) is 0 Å². The van der Waals surface area contributed by atoms with Crippen molar-refractivity contribution in [3.63, 3.8) is 0 Å². The van der Waals surface area contributed by atoms with Crippen LogP contribution in [0.15, 0.2) is 48.0 Å². The Morgan fingerprint density at radius 1 is 1.11 bits per heavy atom. The molecule has 0 atom stereocenters. The molecule has 0 aliphatic rings. The Bertz CT molecular complexity index is 873. The summed E-state index contributed by atoms with van der Waals surface area (Å²) in [6.45, 7) is 8.30. The third-order valence-corrected chi connectivity index (χ3v) is 5.41. The number of carbonyl (C=O) groups is 1. The van der Waals surface area contributed by atoms with Crippen molar-refractivity contribution in [2.45, 2.75) is 40.2 Å². The molecule has 0 fully saturated rings. The molecule has 0 aliphatic carbocycles. The molecular weight excluding hydrogens is 354 g/mol. The van der Waals surface area contributed by atoms with Crippen molar-refractivity contribution in [2.75, 3.05) is 13.1 Å². The molecule has 2 heterocycles. The van der Waals surface area contributed by atoms with Gasteiger partial charge in [0.25, 0.3) is 0 Å². The van der Waals surface area contributed by atoms with Crippen LogP contribution in [0.5, 0.6) is 0 Å². The minimum Gasteiger partial charge on any atom is -0.341 e. The van der Waals surface area contributed by atoms with Crippen LogP contribution in [0, 0.1) is 6.92 Å². The molecular formula is C22H27N3OS. The van der Waals surface area contributed by atoms with E-state index in [4.69, 9.17) is 4.98 Å². The predicted molar refractivity (Wildman–Crippen MR) is 113 cm³/mol. The summed E-state index contributed by atoms with van der Waals surface area (Å²) in [5, 5.41) is 3.03. The minimum atomic E-state index is 0.173. The second-order valence-corrected chi connectivity index (χ2v) is 7.66. The molecule has 2 aromatic heterocycles. The molecule has 0 aliphatic heterocycles. The lowest BCUT2D eigenvalue weighted by molar-refractivity contribution is -0.131. The Labute approximate surface area is 165 Å². The van der Waals surface area contributed by atoms with Gasteiger partial charge in [0, 0.05) is 30.2 Å². The lowest BCUT2D eigenvalue weighted by Gasteiger charge is -2.22. The summed E-state index contributed by atoms with van der Waals surface area (Å²) in [5.41, 5.74) is 4.34. The zero-order valence-electron chi connectivity index (χ0n) is 16.3. The van der Waals surface area contributed by atoms with Crippen LogP contribution >= 0.6 is 11.3 Å². The maximum absolute atomic E-state index is 12.7. The fraction of sp³-hybridized carbons (Fsp3) is 0.364. The largest absolute Gasteiger partial charge is 0.341 e. The van der Waals surface area contributed by atoms with Crippen LogP contribution in [0.3, 0.4) is 0 Å². The minimum absolute atomic E-state index is 0.173. The van der Waals surface area contributed by atoms with E-state index in [1.54, 1.807) is 11.3 Å². The lowest BCUT2D eigenvalue weighted by Crippen LogP contribution is -2.35. The van der Waals surface area contributed by atoms with E-state index in [1.165, 1.54) is 5.56 Å². The summed E-state index contributed by atoms with van der Waals surface area (Å²) in [6, 6.07) is 12.4. The van der Waals surface area contributed by atoms with Crippen molar-refractivity contribution in [1.82, 2.24) is 14.5 Å². The molecule has 0 saturated carbocycles. The smallest absolute Gasteiger partial charge is 0.242 e. The van der Waals surface area contributed by atoms with Gasteiger partial charge in [-0.3, -0.25) is 4.79 Å². The molecule has 0 spiro atoms. The Morgan fingerprint density at radius 2 is 1.81 bits per heavy atom. The van der Waals surface area contributed by atoms with E-state index in [0.717, 1.165) is 47.9 Å². The van der Waals surface area contributed by atoms with E-state index >= 15 is 0 Å². The molecule has 1 amide bonds. The number of benzene rings is 1.